The van der Waals surface area contributed by atoms with E-state index in [0.717, 1.165) is 13.0 Å². The summed E-state index contributed by atoms with van der Waals surface area (Å²) in [5.41, 5.74) is 0. The molecule has 1 fully saturated rings. The highest BCUT2D eigenvalue weighted by Gasteiger charge is 2.22. The van der Waals surface area contributed by atoms with Crippen molar-refractivity contribution in [2.75, 3.05) is 11.4 Å². The fourth-order valence-electron chi connectivity index (χ4n) is 1.20. The quantitative estimate of drug-likeness (QED) is 0.601. The van der Waals surface area contributed by atoms with Crippen molar-refractivity contribution in [1.29, 1.82) is 0 Å². The molecule has 2 heterocycles. The van der Waals surface area contributed by atoms with Crippen LogP contribution in [0.5, 0.6) is 0 Å². The zero-order valence-electron chi connectivity index (χ0n) is 6.47. The van der Waals surface area contributed by atoms with Gasteiger partial charge in [-0.25, -0.2) is 4.98 Å². The number of aromatic nitrogens is 2. The molecule has 1 saturated heterocycles. The molecule has 0 atom stereocenters. The number of anilines is 1. The van der Waals surface area contributed by atoms with E-state index in [2.05, 4.69) is 9.97 Å². The van der Waals surface area contributed by atoms with Crippen molar-refractivity contribution in [3.05, 3.63) is 25.0 Å². The Morgan fingerprint density at radius 2 is 2.33 bits per heavy atom. The first-order chi connectivity index (χ1) is 5.88. The lowest BCUT2D eigenvalue weighted by Gasteiger charge is -2.12. The lowest BCUT2D eigenvalue weighted by Crippen LogP contribution is -2.24. The molecule has 12 heavy (non-hydrogen) atoms. The van der Waals surface area contributed by atoms with Crippen molar-refractivity contribution in [3.63, 3.8) is 0 Å². The van der Waals surface area contributed by atoms with E-state index in [0.29, 0.717) is 5.82 Å². The van der Waals surface area contributed by atoms with E-state index < -0.39 is 0 Å². The maximum Gasteiger partial charge on any atom is 0.232 e. The molecule has 1 aliphatic heterocycles. The van der Waals surface area contributed by atoms with Gasteiger partial charge in [-0.1, -0.05) is 0 Å². The van der Waals surface area contributed by atoms with Crippen LogP contribution in [0.4, 0.5) is 5.82 Å². The van der Waals surface area contributed by atoms with Gasteiger partial charge in [0.2, 0.25) is 5.91 Å². The zero-order chi connectivity index (χ0) is 8.39. The Labute approximate surface area is 70.2 Å². The fraction of sp³-hybridized carbons (Fsp3) is 0.250. The maximum atomic E-state index is 11.2. The minimum atomic E-state index is 0.0236. The van der Waals surface area contributed by atoms with Gasteiger partial charge in [0, 0.05) is 18.9 Å². The number of amides is 1. The van der Waals surface area contributed by atoms with Crippen molar-refractivity contribution >= 4 is 11.7 Å². The fourth-order valence-corrected chi connectivity index (χ4v) is 1.20. The molecular formula is C8H8N3O. The Hall–Kier alpha value is -1.45. The molecule has 1 amide bonds. The third-order valence-electron chi connectivity index (χ3n) is 1.76. The summed E-state index contributed by atoms with van der Waals surface area (Å²) >= 11 is 0. The van der Waals surface area contributed by atoms with Gasteiger partial charge in [-0.05, 0) is 6.42 Å². The number of hydrogen-bond donors (Lipinski definition) is 0. The van der Waals surface area contributed by atoms with Crippen molar-refractivity contribution in [3.8, 4) is 0 Å². The molecule has 2 rings (SSSR count). The van der Waals surface area contributed by atoms with Crippen LogP contribution in [-0.2, 0) is 4.79 Å². The van der Waals surface area contributed by atoms with E-state index in [9.17, 15) is 4.79 Å². The number of nitrogens with zero attached hydrogens (tertiary/aromatic N) is 3. The van der Waals surface area contributed by atoms with E-state index in [1.165, 1.54) is 0 Å². The first-order valence-electron chi connectivity index (χ1n) is 3.78. The molecule has 4 nitrogen and oxygen atoms in total. The molecule has 4 heteroatoms. The molecule has 1 radical (unpaired) electrons. The van der Waals surface area contributed by atoms with E-state index in [-0.39, 0.29) is 5.91 Å². The number of rotatable bonds is 1. The minimum Gasteiger partial charge on any atom is -0.295 e. The highest BCUT2D eigenvalue weighted by Crippen LogP contribution is 2.15. The Kier molecular flexibility index (Phi) is 1.74. The first kappa shape index (κ1) is 7.21. The summed E-state index contributed by atoms with van der Waals surface area (Å²) in [7, 11) is 0. The van der Waals surface area contributed by atoms with Crippen LogP contribution in [0.15, 0.2) is 18.6 Å². The molecule has 0 unspecified atom stereocenters. The zero-order valence-corrected chi connectivity index (χ0v) is 6.47. The van der Waals surface area contributed by atoms with Gasteiger partial charge in [-0.15, -0.1) is 0 Å². The van der Waals surface area contributed by atoms with E-state index in [4.69, 9.17) is 0 Å². The lowest BCUT2D eigenvalue weighted by molar-refractivity contribution is -0.114. The van der Waals surface area contributed by atoms with Gasteiger partial charge in [-0.2, -0.15) is 0 Å². The molecule has 1 aromatic rings. The van der Waals surface area contributed by atoms with Crippen LogP contribution in [0.25, 0.3) is 0 Å². The third kappa shape index (κ3) is 1.15. The van der Waals surface area contributed by atoms with E-state index in [1.807, 2.05) is 0 Å². The van der Waals surface area contributed by atoms with Gasteiger partial charge < -0.3 is 0 Å². The smallest absolute Gasteiger partial charge is 0.232 e. The molecule has 0 N–H and O–H groups in total. The minimum absolute atomic E-state index is 0.0236. The third-order valence-corrected chi connectivity index (χ3v) is 1.76. The SMILES string of the molecule is O=C1[CH]CCN1c1cnccn1. The van der Waals surface area contributed by atoms with Crippen molar-refractivity contribution in [2.24, 2.45) is 0 Å². The lowest BCUT2D eigenvalue weighted by atomic mass is 10.4. The summed E-state index contributed by atoms with van der Waals surface area (Å²) in [4.78, 5) is 20.7. The average Bonchev–Trinajstić information content (AvgIpc) is 2.53. The molecule has 0 spiro atoms. The number of carbonyl (C=O) groups is 1. The Morgan fingerprint density at radius 1 is 1.42 bits per heavy atom. The van der Waals surface area contributed by atoms with Gasteiger partial charge in [-0.3, -0.25) is 14.7 Å². The predicted octanol–water partition coefficient (Wildman–Crippen LogP) is 0.418. The summed E-state index contributed by atoms with van der Waals surface area (Å²) in [6, 6.07) is 0. The summed E-state index contributed by atoms with van der Waals surface area (Å²) in [6.45, 7) is 0.720. The second-order valence-corrected chi connectivity index (χ2v) is 2.55. The Balaban J connectivity index is 2.25. The van der Waals surface area contributed by atoms with Gasteiger partial charge in [0.1, 0.15) is 0 Å². The Morgan fingerprint density at radius 3 is 2.92 bits per heavy atom. The first-order valence-corrected chi connectivity index (χ1v) is 3.78. The molecule has 0 bridgehead atoms. The summed E-state index contributed by atoms with van der Waals surface area (Å²) in [6.07, 6.45) is 7.23. The van der Waals surface area contributed by atoms with Crippen LogP contribution in [-0.4, -0.2) is 22.4 Å². The van der Waals surface area contributed by atoms with Crippen molar-refractivity contribution in [1.82, 2.24) is 9.97 Å². The van der Waals surface area contributed by atoms with Crippen LogP contribution in [0, 0.1) is 6.42 Å². The second-order valence-electron chi connectivity index (χ2n) is 2.55. The van der Waals surface area contributed by atoms with Crippen molar-refractivity contribution in [2.45, 2.75) is 6.42 Å². The maximum absolute atomic E-state index is 11.2. The van der Waals surface area contributed by atoms with Gasteiger partial charge in [0.05, 0.1) is 12.6 Å². The van der Waals surface area contributed by atoms with Crippen molar-refractivity contribution < 1.29 is 4.79 Å². The largest absolute Gasteiger partial charge is 0.295 e. The molecule has 0 saturated carbocycles. The molecule has 0 aromatic carbocycles. The van der Waals surface area contributed by atoms with Gasteiger partial charge >= 0.3 is 0 Å². The average molecular weight is 162 g/mol. The molecular weight excluding hydrogens is 154 g/mol. The molecule has 1 aromatic heterocycles. The standard InChI is InChI=1S/C8H8N3O/c12-8-2-1-5-11(8)7-6-9-3-4-10-7/h2-4,6H,1,5H2. The van der Waals surface area contributed by atoms with Gasteiger partial charge in [0.25, 0.3) is 0 Å². The number of carbonyl (C=O) groups excluding carboxylic acids is 1. The monoisotopic (exact) mass is 162 g/mol. The normalized spacial score (nSPS) is 17.0. The topological polar surface area (TPSA) is 46.1 Å². The molecule has 1 aliphatic rings. The summed E-state index contributed by atoms with van der Waals surface area (Å²) in [5, 5.41) is 0. The predicted molar refractivity (Wildman–Crippen MR) is 43.3 cm³/mol. The van der Waals surface area contributed by atoms with Crippen LogP contribution in [0.3, 0.4) is 0 Å². The van der Waals surface area contributed by atoms with Crippen LogP contribution >= 0.6 is 0 Å². The van der Waals surface area contributed by atoms with Crippen LogP contribution < -0.4 is 4.90 Å². The van der Waals surface area contributed by atoms with Gasteiger partial charge in [0.15, 0.2) is 5.82 Å². The summed E-state index contributed by atoms with van der Waals surface area (Å²) in [5.74, 6) is 0.659. The van der Waals surface area contributed by atoms with Crippen LogP contribution in [0.2, 0.25) is 0 Å². The molecule has 0 aliphatic carbocycles. The molecule has 61 valence electrons. The Bertz CT molecular complexity index is 286. The number of hydrogen-bond acceptors (Lipinski definition) is 3. The highest BCUT2D eigenvalue weighted by molar-refractivity contribution is 6.00. The van der Waals surface area contributed by atoms with Crippen LogP contribution in [0.1, 0.15) is 6.42 Å². The second kappa shape index (κ2) is 2.89. The van der Waals surface area contributed by atoms with E-state index in [1.54, 1.807) is 29.9 Å². The summed E-state index contributed by atoms with van der Waals surface area (Å²) < 4.78 is 0. The van der Waals surface area contributed by atoms with E-state index >= 15 is 0 Å². The highest BCUT2D eigenvalue weighted by atomic mass is 16.2.